The highest BCUT2D eigenvalue weighted by Gasteiger charge is 1.87. The summed E-state index contributed by atoms with van der Waals surface area (Å²) in [5.74, 6) is -0.0185. The monoisotopic (exact) mass is 130 g/mol. The molecule has 0 radical (unpaired) electrons. The molecule has 0 unspecified atom stereocenters. The van der Waals surface area contributed by atoms with Gasteiger partial charge in [0.2, 0.25) is 0 Å². The maximum Gasteiger partial charge on any atom is 0.160 e. The minimum Gasteiger partial charge on any atom is -0.294 e. The van der Waals surface area contributed by atoms with Crippen LogP contribution in [-0.4, -0.2) is 5.78 Å². The van der Waals surface area contributed by atoms with Gasteiger partial charge in [0.15, 0.2) is 5.78 Å². The summed E-state index contributed by atoms with van der Waals surface area (Å²) in [6.45, 7) is 3.39. The Balaban J connectivity index is 3.48. The minimum atomic E-state index is -0.0185. The summed E-state index contributed by atoms with van der Waals surface area (Å²) in [5, 5.41) is 0. The van der Waals surface area contributed by atoms with Crippen LogP contribution in [-0.2, 0) is 4.79 Å². The van der Waals surface area contributed by atoms with Gasteiger partial charge in [0.1, 0.15) is 0 Å². The van der Waals surface area contributed by atoms with Crippen LogP contribution in [0.1, 0.15) is 6.42 Å². The lowest BCUT2D eigenvalue weighted by atomic mass is 10.3. The Morgan fingerprint density at radius 3 is 2.75 bits per heavy atom. The average molecular weight is 131 g/mol. The molecule has 0 aromatic rings. The number of carbonyl (C=O) groups excluding carboxylic acids is 1. The number of hydrogen-bond acceptors (Lipinski definition) is 1. The second-order valence-electron chi connectivity index (χ2n) is 1.25. The molecule has 0 spiro atoms. The van der Waals surface area contributed by atoms with Crippen molar-refractivity contribution in [3.63, 3.8) is 0 Å². The Morgan fingerprint density at radius 2 is 2.38 bits per heavy atom. The third-order valence-corrected chi connectivity index (χ3v) is 0.720. The zero-order valence-corrected chi connectivity index (χ0v) is 5.19. The molecule has 8 heavy (non-hydrogen) atoms. The van der Waals surface area contributed by atoms with Gasteiger partial charge < -0.3 is 0 Å². The maximum atomic E-state index is 10.4. The summed E-state index contributed by atoms with van der Waals surface area (Å²) in [5.41, 5.74) is 1.20. The Kier molecular flexibility index (Phi) is 4.27. The molecule has 0 amide bonds. The minimum absolute atomic E-state index is 0.0185. The van der Waals surface area contributed by atoms with Gasteiger partial charge in [0.25, 0.3) is 0 Å². The van der Waals surface area contributed by atoms with Crippen LogP contribution >= 0.6 is 11.6 Å². The Morgan fingerprint density at radius 1 is 1.75 bits per heavy atom. The molecular weight excluding hydrogens is 124 g/mol. The third kappa shape index (κ3) is 3.62. The molecule has 0 fully saturated rings. The van der Waals surface area contributed by atoms with E-state index in [-0.39, 0.29) is 5.78 Å². The molecule has 0 aromatic heterocycles. The normalized spacial score (nSPS) is 9.62. The van der Waals surface area contributed by atoms with Crippen molar-refractivity contribution in [1.29, 1.82) is 0 Å². The molecule has 0 atom stereocenters. The van der Waals surface area contributed by atoms with Gasteiger partial charge in [0, 0.05) is 12.0 Å². The number of halogens is 1. The molecule has 0 rings (SSSR count). The smallest absolute Gasteiger partial charge is 0.160 e. The van der Waals surface area contributed by atoms with E-state index in [1.807, 2.05) is 0 Å². The average Bonchev–Trinajstić information content (AvgIpc) is 1.68. The SMILES string of the molecule is C=CCC(=O)C=CCl. The van der Waals surface area contributed by atoms with E-state index in [9.17, 15) is 4.79 Å². The van der Waals surface area contributed by atoms with E-state index in [1.54, 1.807) is 6.08 Å². The maximum absolute atomic E-state index is 10.4. The molecule has 0 aliphatic heterocycles. The Labute approximate surface area is 53.6 Å². The van der Waals surface area contributed by atoms with Crippen LogP contribution in [0.5, 0.6) is 0 Å². The lowest BCUT2D eigenvalue weighted by Crippen LogP contribution is -1.86. The van der Waals surface area contributed by atoms with E-state index in [2.05, 4.69) is 6.58 Å². The van der Waals surface area contributed by atoms with Crippen molar-refractivity contribution in [2.75, 3.05) is 0 Å². The van der Waals surface area contributed by atoms with Gasteiger partial charge in [-0.1, -0.05) is 17.7 Å². The summed E-state index contributed by atoms with van der Waals surface area (Å²) < 4.78 is 0. The fraction of sp³-hybridized carbons (Fsp3) is 0.167. The number of ketones is 1. The van der Waals surface area contributed by atoms with Gasteiger partial charge in [-0.15, -0.1) is 6.58 Å². The summed E-state index contributed by atoms with van der Waals surface area (Å²) in [6, 6.07) is 0. The van der Waals surface area contributed by atoms with Gasteiger partial charge in [-0.25, -0.2) is 0 Å². The molecule has 0 bridgehead atoms. The summed E-state index contributed by atoms with van der Waals surface area (Å²) in [4.78, 5) is 10.4. The van der Waals surface area contributed by atoms with E-state index in [4.69, 9.17) is 11.6 Å². The summed E-state index contributed by atoms with van der Waals surface area (Å²) in [6.07, 6.45) is 3.21. The van der Waals surface area contributed by atoms with Crippen molar-refractivity contribution in [2.45, 2.75) is 6.42 Å². The van der Waals surface area contributed by atoms with E-state index in [1.165, 1.54) is 11.6 Å². The van der Waals surface area contributed by atoms with Crippen LogP contribution < -0.4 is 0 Å². The highest BCUT2D eigenvalue weighted by molar-refractivity contribution is 6.26. The first kappa shape index (κ1) is 7.44. The van der Waals surface area contributed by atoms with Crippen LogP contribution in [0.3, 0.4) is 0 Å². The van der Waals surface area contributed by atoms with Crippen molar-refractivity contribution in [3.05, 3.63) is 24.3 Å². The molecule has 0 aromatic carbocycles. The fourth-order valence-electron chi connectivity index (χ4n) is 0.281. The molecular formula is C6H7ClO. The van der Waals surface area contributed by atoms with E-state index in [0.717, 1.165) is 0 Å². The first-order valence-electron chi connectivity index (χ1n) is 2.21. The zero-order valence-electron chi connectivity index (χ0n) is 4.43. The fourth-order valence-corrected chi connectivity index (χ4v) is 0.421. The lowest BCUT2D eigenvalue weighted by Gasteiger charge is -1.79. The zero-order chi connectivity index (χ0) is 6.41. The van der Waals surface area contributed by atoms with Crippen LogP contribution in [0.25, 0.3) is 0 Å². The predicted molar refractivity (Wildman–Crippen MR) is 34.8 cm³/mol. The lowest BCUT2D eigenvalue weighted by molar-refractivity contribution is -0.113. The van der Waals surface area contributed by atoms with Crippen LogP contribution in [0.2, 0.25) is 0 Å². The standard InChI is InChI=1S/C6H7ClO/c1-2-3-6(8)4-5-7/h2,4-5H,1,3H2. The molecule has 0 N–H and O–H groups in total. The molecule has 1 nitrogen and oxygen atoms in total. The van der Waals surface area contributed by atoms with Gasteiger partial charge in [0.05, 0.1) is 0 Å². The van der Waals surface area contributed by atoms with Gasteiger partial charge in [-0.2, -0.15) is 0 Å². The molecule has 44 valence electrons. The topological polar surface area (TPSA) is 17.1 Å². The molecule has 2 heteroatoms. The van der Waals surface area contributed by atoms with E-state index < -0.39 is 0 Å². The van der Waals surface area contributed by atoms with Crippen molar-refractivity contribution in [3.8, 4) is 0 Å². The van der Waals surface area contributed by atoms with Crippen molar-refractivity contribution < 1.29 is 4.79 Å². The molecule has 0 saturated carbocycles. The van der Waals surface area contributed by atoms with Crippen LogP contribution in [0, 0.1) is 0 Å². The van der Waals surface area contributed by atoms with Crippen molar-refractivity contribution in [1.82, 2.24) is 0 Å². The van der Waals surface area contributed by atoms with Crippen molar-refractivity contribution in [2.24, 2.45) is 0 Å². The Bertz CT molecular complexity index is 116. The number of carbonyl (C=O) groups is 1. The first-order chi connectivity index (χ1) is 3.81. The van der Waals surface area contributed by atoms with Crippen LogP contribution in [0.4, 0.5) is 0 Å². The van der Waals surface area contributed by atoms with Crippen molar-refractivity contribution >= 4 is 17.4 Å². The number of hydrogen-bond donors (Lipinski definition) is 0. The molecule has 0 heterocycles. The highest BCUT2D eigenvalue weighted by atomic mass is 35.5. The summed E-state index contributed by atoms with van der Waals surface area (Å²) in [7, 11) is 0. The molecule has 0 saturated heterocycles. The van der Waals surface area contributed by atoms with E-state index >= 15 is 0 Å². The van der Waals surface area contributed by atoms with Gasteiger partial charge in [-0.05, 0) is 6.08 Å². The quantitative estimate of drug-likeness (QED) is 0.421. The number of rotatable bonds is 3. The van der Waals surface area contributed by atoms with Gasteiger partial charge >= 0.3 is 0 Å². The van der Waals surface area contributed by atoms with Gasteiger partial charge in [-0.3, -0.25) is 4.79 Å². The first-order valence-corrected chi connectivity index (χ1v) is 2.65. The molecule has 0 aliphatic rings. The second kappa shape index (κ2) is 4.60. The number of allylic oxidation sites excluding steroid dienone is 2. The summed E-state index contributed by atoms with van der Waals surface area (Å²) >= 11 is 5.10. The predicted octanol–water partition coefficient (Wildman–Crippen LogP) is 1.88. The van der Waals surface area contributed by atoms with E-state index in [0.29, 0.717) is 6.42 Å². The second-order valence-corrected chi connectivity index (χ2v) is 1.50. The van der Waals surface area contributed by atoms with Crippen LogP contribution in [0.15, 0.2) is 24.3 Å². The Hall–Kier alpha value is -0.560. The largest absolute Gasteiger partial charge is 0.294 e. The molecule has 0 aliphatic carbocycles. The highest BCUT2D eigenvalue weighted by Crippen LogP contribution is 1.86. The third-order valence-electron chi connectivity index (χ3n) is 0.594.